The first-order valence-electron chi connectivity index (χ1n) is 6.51. The molecule has 0 saturated heterocycles. The van der Waals surface area contributed by atoms with Crippen LogP contribution >= 0.6 is 11.3 Å². The van der Waals surface area contributed by atoms with Gasteiger partial charge in [0.25, 0.3) is 0 Å². The lowest BCUT2D eigenvalue weighted by molar-refractivity contribution is 0.320. The maximum atomic E-state index is 4.55. The Bertz CT molecular complexity index is 329. The van der Waals surface area contributed by atoms with Crippen molar-refractivity contribution in [3.63, 3.8) is 0 Å². The van der Waals surface area contributed by atoms with Crippen LogP contribution in [0.3, 0.4) is 0 Å². The number of nitrogens with zero attached hydrogens (tertiary/aromatic N) is 1. The quantitative estimate of drug-likeness (QED) is 0.751. The van der Waals surface area contributed by atoms with E-state index in [0.717, 1.165) is 25.4 Å². The summed E-state index contributed by atoms with van der Waals surface area (Å²) in [4.78, 5) is 4.55. The Labute approximate surface area is 110 Å². The van der Waals surface area contributed by atoms with Crippen molar-refractivity contribution in [1.29, 1.82) is 0 Å². The predicted octanol–water partition coefficient (Wildman–Crippen LogP) is 3.66. The maximum Gasteiger partial charge on any atom is 0.0897 e. The highest BCUT2D eigenvalue weighted by Crippen LogP contribution is 2.26. The summed E-state index contributed by atoms with van der Waals surface area (Å²) < 4.78 is 0. The summed E-state index contributed by atoms with van der Waals surface area (Å²) in [6, 6.07) is 0. The van der Waals surface area contributed by atoms with Gasteiger partial charge < -0.3 is 5.32 Å². The molecule has 1 N–H and O–H groups in total. The van der Waals surface area contributed by atoms with Crippen LogP contribution in [0.1, 0.15) is 44.8 Å². The third-order valence-corrected chi connectivity index (χ3v) is 3.68. The van der Waals surface area contributed by atoms with Crippen LogP contribution in [0.25, 0.3) is 0 Å². The molecule has 0 bridgehead atoms. The van der Waals surface area contributed by atoms with Gasteiger partial charge in [0.1, 0.15) is 0 Å². The van der Waals surface area contributed by atoms with E-state index in [4.69, 9.17) is 0 Å². The zero-order valence-corrected chi connectivity index (χ0v) is 12.7. The molecular weight excluding hydrogens is 228 g/mol. The van der Waals surface area contributed by atoms with Crippen molar-refractivity contribution in [1.82, 2.24) is 10.3 Å². The lowest BCUT2D eigenvalue weighted by Gasteiger charge is -2.24. The third kappa shape index (κ3) is 6.18. The summed E-state index contributed by atoms with van der Waals surface area (Å²) in [6.45, 7) is 13.5. The molecule has 3 heteroatoms. The van der Waals surface area contributed by atoms with Gasteiger partial charge in [0, 0.05) is 5.38 Å². The zero-order chi connectivity index (χ0) is 12.9. The number of nitrogens with one attached hydrogen (secondary N) is 1. The first kappa shape index (κ1) is 14.7. The molecule has 98 valence electrons. The Hall–Kier alpha value is -0.410. The van der Waals surface area contributed by atoms with Crippen molar-refractivity contribution in [3.05, 3.63) is 16.1 Å². The normalized spacial score (nSPS) is 12.4. The SMILES string of the molecule is Cc1nc(CC(C)(C)CCNCC(C)C)cs1. The van der Waals surface area contributed by atoms with E-state index in [2.05, 4.69) is 50.3 Å². The number of aryl methyl sites for hydroxylation is 1. The molecule has 1 heterocycles. The van der Waals surface area contributed by atoms with Gasteiger partial charge in [-0.1, -0.05) is 27.7 Å². The molecule has 0 atom stereocenters. The van der Waals surface area contributed by atoms with Crippen LogP contribution in [0.4, 0.5) is 0 Å². The highest BCUT2D eigenvalue weighted by molar-refractivity contribution is 7.09. The van der Waals surface area contributed by atoms with Gasteiger partial charge in [-0.15, -0.1) is 11.3 Å². The maximum absolute atomic E-state index is 4.55. The van der Waals surface area contributed by atoms with Crippen molar-refractivity contribution in [2.24, 2.45) is 11.3 Å². The molecule has 1 aromatic heterocycles. The van der Waals surface area contributed by atoms with Crippen LogP contribution in [0.15, 0.2) is 5.38 Å². The Balaban J connectivity index is 2.30. The smallest absolute Gasteiger partial charge is 0.0897 e. The molecule has 0 radical (unpaired) electrons. The molecule has 1 aromatic rings. The van der Waals surface area contributed by atoms with Crippen LogP contribution in [0, 0.1) is 18.3 Å². The molecule has 0 amide bonds. The van der Waals surface area contributed by atoms with Gasteiger partial charge in [0.05, 0.1) is 10.7 Å². The molecule has 0 unspecified atom stereocenters. The van der Waals surface area contributed by atoms with E-state index in [1.807, 2.05) is 0 Å². The number of hydrogen-bond acceptors (Lipinski definition) is 3. The van der Waals surface area contributed by atoms with Crippen LogP contribution in [0.2, 0.25) is 0 Å². The second kappa shape index (κ2) is 6.50. The van der Waals surface area contributed by atoms with E-state index in [0.29, 0.717) is 5.41 Å². The Morgan fingerprint density at radius 2 is 2.12 bits per heavy atom. The molecule has 0 aliphatic heterocycles. The summed E-state index contributed by atoms with van der Waals surface area (Å²) >= 11 is 1.75. The van der Waals surface area contributed by atoms with Gasteiger partial charge >= 0.3 is 0 Å². The fourth-order valence-electron chi connectivity index (χ4n) is 1.89. The van der Waals surface area contributed by atoms with Crippen LogP contribution in [0.5, 0.6) is 0 Å². The molecule has 0 fully saturated rings. The fourth-order valence-corrected chi connectivity index (χ4v) is 2.50. The van der Waals surface area contributed by atoms with Crippen LogP contribution in [-0.4, -0.2) is 18.1 Å². The standard InChI is InChI=1S/C14H26N2S/c1-11(2)9-15-7-6-14(4,5)8-13-10-17-12(3)16-13/h10-11,15H,6-9H2,1-5H3. The highest BCUT2D eigenvalue weighted by atomic mass is 32.1. The molecule has 0 aliphatic carbocycles. The third-order valence-electron chi connectivity index (χ3n) is 2.86. The minimum atomic E-state index is 0.338. The Morgan fingerprint density at radius 3 is 2.65 bits per heavy atom. The van der Waals surface area contributed by atoms with Crippen molar-refractivity contribution in [2.75, 3.05) is 13.1 Å². The molecule has 0 aliphatic rings. The topological polar surface area (TPSA) is 24.9 Å². The highest BCUT2D eigenvalue weighted by Gasteiger charge is 2.19. The average Bonchev–Trinajstić information content (AvgIpc) is 2.57. The number of hydrogen-bond donors (Lipinski definition) is 1. The number of aromatic nitrogens is 1. The van der Waals surface area contributed by atoms with E-state index < -0.39 is 0 Å². The first-order valence-corrected chi connectivity index (χ1v) is 7.39. The molecule has 0 aromatic carbocycles. The molecule has 17 heavy (non-hydrogen) atoms. The van der Waals surface area contributed by atoms with E-state index in [9.17, 15) is 0 Å². The lowest BCUT2D eigenvalue weighted by Crippen LogP contribution is -2.26. The van der Waals surface area contributed by atoms with Gasteiger partial charge in [-0.2, -0.15) is 0 Å². The van der Waals surface area contributed by atoms with Crippen LogP contribution < -0.4 is 5.32 Å². The summed E-state index contributed by atoms with van der Waals surface area (Å²) in [7, 11) is 0. The Morgan fingerprint density at radius 1 is 1.41 bits per heavy atom. The monoisotopic (exact) mass is 254 g/mol. The van der Waals surface area contributed by atoms with Gasteiger partial charge in [-0.05, 0) is 44.2 Å². The van der Waals surface area contributed by atoms with Crippen molar-refractivity contribution in [3.8, 4) is 0 Å². The van der Waals surface area contributed by atoms with E-state index in [-0.39, 0.29) is 0 Å². The number of thiazole rings is 1. The predicted molar refractivity (Wildman–Crippen MR) is 76.7 cm³/mol. The molecule has 2 nitrogen and oxygen atoms in total. The second-order valence-corrected chi connectivity index (χ2v) is 7.11. The molecule has 0 saturated carbocycles. The summed E-state index contributed by atoms with van der Waals surface area (Å²) in [5.41, 5.74) is 1.59. The van der Waals surface area contributed by atoms with Crippen molar-refractivity contribution < 1.29 is 0 Å². The van der Waals surface area contributed by atoms with E-state index in [1.165, 1.54) is 17.1 Å². The van der Waals surface area contributed by atoms with Gasteiger partial charge in [0.15, 0.2) is 0 Å². The fraction of sp³-hybridized carbons (Fsp3) is 0.786. The summed E-state index contributed by atoms with van der Waals surface area (Å²) in [5, 5.41) is 6.88. The minimum Gasteiger partial charge on any atom is -0.316 e. The minimum absolute atomic E-state index is 0.338. The van der Waals surface area contributed by atoms with E-state index in [1.54, 1.807) is 11.3 Å². The van der Waals surface area contributed by atoms with E-state index >= 15 is 0 Å². The molecular formula is C14H26N2S. The first-order chi connectivity index (χ1) is 7.89. The number of rotatable bonds is 7. The zero-order valence-electron chi connectivity index (χ0n) is 11.8. The van der Waals surface area contributed by atoms with Crippen molar-refractivity contribution in [2.45, 2.75) is 47.5 Å². The summed E-state index contributed by atoms with van der Waals surface area (Å²) in [5.74, 6) is 0.735. The molecule has 0 spiro atoms. The van der Waals surface area contributed by atoms with Crippen molar-refractivity contribution >= 4 is 11.3 Å². The molecule has 1 rings (SSSR count). The van der Waals surface area contributed by atoms with Gasteiger partial charge in [-0.25, -0.2) is 4.98 Å². The van der Waals surface area contributed by atoms with Gasteiger partial charge in [0.2, 0.25) is 0 Å². The van der Waals surface area contributed by atoms with Gasteiger partial charge in [-0.3, -0.25) is 0 Å². The Kier molecular flexibility index (Phi) is 5.60. The average molecular weight is 254 g/mol. The van der Waals surface area contributed by atoms with Crippen LogP contribution in [-0.2, 0) is 6.42 Å². The second-order valence-electron chi connectivity index (χ2n) is 6.05. The summed E-state index contributed by atoms with van der Waals surface area (Å²) in [6.07, 6.45) is 2.29. The lowest BCUT2D eigenvalue weighted by atomic mass is 9.84. The largest absolute Gasteiger partial charge is 0.316 e.